The van der Waals surface area contributed by atoms with Gasteiger partial charge in [-0.1, -0.05) is 19.9 Å². The third kappa shape index (κ3) is 3.31. The van der Waals surface area contributed by atoms with E-state index < -0.39 is 0 Å². The van der Waals surface area contributed by atoms with Gasteiger partial charge < -0.3 is 15.4 Å². The van der Waals surface area contributed by atoms with E-state index in [2.05, 4.69) is 30.5 Å². The Bertz CT molecular complexity index is 372. The fourth-order valence-corrected chi connectivity index (χ4v) is 2.97. The summed E-state index contributed by atoms with van der Waals surface area (Å²) in [5.74, 6) is 0.402. The number of carbonyl (C=O) groups is 1. The SMILES string of the molecule is CC(C)C(NC(=O)C1COCCN1)c1cccs1. The Balaban J connectivity index is 1.98. The number of thiophene rings is 1. The Hall–Kier alpha value is -0.910. The molecule has 0 saturated carbocycles. The van der Waals surface area contributed by atoms with E-state index in [-0.39, 0.29) is 18.0 Å². The number of rotatable bonds is 4. The van der Waals surface area contributed by atoms with Crippen molar-refractivity contribution >= 4 is 17.2 Å². The molecule has 2 rings (SSSR count). The lowest BCUT2D eigenvalue weighted by Gasteiger charge is -2.27. The summed E-state index contributed by atoms with van der Waals surface area (Å²) < 4.78 is 5.32. The van der Waals surface area contributed by atoms with E-state index in [0.717, 1.165) is 6.54 Å². The second-order valence-electron chi connectivity index (χ2n) is 4.83. The van der Waals surface area contributed by atoms with Gasteiger partial charge in [-0.15, -0.1) is 11.3 Å². The van der Waals surface area contributed by atoms with E-state index in [1.165, 1.54) is 4.88 Å². The van der Waals surface area contributed by atoms with E-state index in [0.29, 0.717) is 19.1 Å². The second kappa shape index (κ2) is 6.31. The van der Waals surface area contributed by atoms with Crippen LogP contribution < -0.4 is 10.6 Å². The molecule has 2 atom stereocenters. The first-order chi connectivity index (χ1) is 8.68. The zero-order valence-electron chi connectivity index (χ0n) is 10.8. The van der Waals surface area contributed by atoms with Crippen LogP contribution in [0.25, 0.3) is 0 Å². The Morgan fingerprint density at radius 1 is 1.61 bits per heavy atom. The molecule has 18 heavy (non-hydrogen) atoms. The zero-order valence-corrected chi connectivity index (χ0v) is 11.6. The van der Waals surface area contributed by atoms with Crippen LogP contribution in [-0.4, -0.2) is 31.7 Å². The quantitative estimate of drug-likeness (QED) is 0.871. The maximum atomic E-state index is 12.2. The summed E-state index contributed by atoms with van der Waals surface area (Å²) in [6, 6.07) is 3.95. The first-order valence-electron chi connectivity index (χ1n) is 6.33. The molecule has 0 radical (unpaired) electrons. The van der Waals surface area contributed by atoms with E-state index in [1.807, 2.05) is 11.4 Å². The number of amides is 1. The summed E-state index contributed by atoms with van der Waals surface area (Å²) in [4.78, 5) is 13.4. The van der Waals surface area contributed by atoms with Gasteiger partial charge in [0.15, 0.2) is 0 Å². The van der Waals surface area contributed by atoms with Crippen LogP contribution in [0.1, 0.15) is 24.8 Å². The highest BCUT2D eigenvalue weighted by molar-refractivity contribution is 7.10. The molecule has 1 amide bonds. The molecule has 1 aliphatic heterocycles. The van der Waals surface area contributed by atoms with Crippen molar-refractivity contribution in [2.75, 3.05) is 19.8 Å². The minimum Gasteiger partial charge on any atom is -0.378 e. The van der Waals surface area contributed by atoms with Crippen molar-refractivity contribution in [2.24, 2.45) is 5.92 Å². The van der Waals surface area contributed by atoms with Crippen molar-refractivity contribution in [3.8, 4) is 0 Å². The molecule has 1 aromatic heterocycles. The number of nitrogens with one attached hydrogen (secondary N) is 2. The minimum atomic E-state index is -0.222. The fraction of sp³-hybridized carbons (Fsp3) is 0.615. The summed E-state index contributed by atoms with van der Waals surface area (Å²) >= 11 is 1.68. The Morgan fingerprint density at radius 3 is 3.00 bits per heavy atom. The summed E-state index contributed by atoms with van der Waals surface area (Å²) in [7, 11) is 0. The highest BCUT2D eigenvalue weighted by atomic mass is 32.1. The first kappa shape index (κ1) is 13.5. The lowest BCUT2D eigenvalue weighted by molar-refractivity contribution is -0.127. The molecule has 1 fully saturated rings. The molecule has 1 aromatic rings. The standard InChI is InChI=1S/C13H20N2O2S/c1-9(2)12(11-4-3-7-18-11)15-13(16)10-8-17-6-5-14-10/h3-4,7,9-10,12,14H,5-6,8H2,1-2H3,(H,15,16). The molecule has 2 N–H and O–H groups in total. The molecule has 5 heteroatoms. The number of hydrogen-bond acceptors (Lipinski definition) is 4. The third-order valence-electron chi connectivity index (χ3n) is 3.05. The summed E-state index contributed by atoms with van der Waals surface area (Å²) in [6.07, 6.45) is 0. The number of ether oxygens (including phenoxy) is 1. The average Bonchev–Trinajstić information content (AvgIpc) is 2.90. The van der Waals surface area contributed by atoms with Crippen molar-refractivity contribution in [3.05, 3.63) is 22.4 Å². The van der Waals surface area contributed by atoms with Gasteiger partial charge in [0.1, 0.15) is 6.04 Å². The van der Waals surface area contributed by atoms with Gasteiger partial charge in [0.2, 0.25) is 5.91 Å². The van der Waals surface area contributed by atoms with Crippen LogP contribution in [0.15, 0.2) is 17.5 Å². The fourth-order valence-electron chi connectivity index (χ4n) is 2.02. The summed E-state index contributed by atoms with van der Waals surface area (Å²) in [5, 5.41) is 8.33. The zero-order chi connectivity index (χ0) is 13.0. The van der Waals surface area contributed by atoms with Crippen molar-refractivity contribution in [1.82, 2.24) is 10.6 Å². The van der Waals surface area contributed by atoms with Gasteiger partial charge in [-0.2, -0.15) is 0 Å². The maximum absolute atomic E-state index is 12.2. The molecule has 0 aromatic carbocycles. The lowest BCUT2D eigenvalue weighted by Crippen LogP contribution is -2.52. The van der Waals surface area contributed by atoms with Crippen LogP contribution in [0, 0.1) is 5.92 Å². The molecule has 4 nitrogen and oxygen atoms in total. The Labute approximate surface area is 112 Å². The molecule has 0 spiro atoms. The molecule has 2 unspecified atom stereocenters. The van der Waals surface area contributed by atoms with E-state index in [1.54, 1.807) is 11.3 Å². The monoisotopic (exact) mass is 268 g/mol. The molecular formula is C13H20N2O2S. The molecule has 100 valence electrons. The number of carbonyl (C=O) groups excluding carboxylic acids is 1. The predicted molar refractivity (Wildman–Crippen MR) is 72.7 cm³/mol. The molecule has 2 heterocycles. The molecular weight excluding hydrogens is 248 g/mol. The smallest absolute Gasteiger partial charge is 0.240 e. The van der Waals surface area contributed by atoms with E-state index in [9.17, 15) is 4.79 Å². The second-order valence-corrected chi connectivity index (χ2v) is 5.81. The first-order valence-corrected chi connectivity index (χ1v) is 7.21. The van der Waals surface area contributed by atoms with Crippen LogP contribution in [-0.2, 0) is 9.53 Å². The van der Waals surface area contributed by atoms with Crippen LogP contribution in [0.4, 0.5) is 0 Å². The highest BCUT2D eigenvalue weighted by Crippen LogP contribution is 2.25. The van der Waals surface area contributed by atoms with Gasteiger partial charge in [-0.3, -0.25) is 4.79 Å². The minimum absolute atomic E-state index is 0.0294. The predicted octanol–water partition coefficient (Wildman–Crippen LogP) is 1.55. The number of morpholine rings is 1. The molecule has 0 bridgehead atoms. The van der Waals surface area contributed by atoms with Crippen LogP contribution in [0.3, 0.4) is 0 Å². The Morgan fingerprint density at radius 2 is 2.44 bits per heavy atom. The van der Waals surface area contributed by atoms with Gasteiger partial charge in [0.05, 0.1) is 19.3 Å². The normalized spacial score (nSPS) is 21.8. The van der Waals surface area contributed by atoms with Crippen molar-refractivity contribution in [1.29, 1.82) is 0 Å². The third-order valence-corrected chi connectivity index (χ3v) is 4.01. The Kier molecular flexibility index (Phi) is 4.74. The van der Waals surface area contributed by atoms with Crippen LogP contribution >= 0.6 is 11.3 Å². The van der Waals surface area contributed by atoms with Crippen LogP contribution in [0.2, 0.25) is 0 Å². The van der Waals surface area contributed by atoms with Gasteiger partial charge in [-0.25, -0.2) is 0 Å². The van der Waals surface area contributed by atoms with E-state index >= 15 is 0 Å². The topological polar surface area (TPSA) is 50.4 Å². The molecule has 1 saturated heterocycles. The van der Waals surface area contributed by atoms with Crippen LogP contribution in [0.5, 0.6) is 0 Å². The summed E-state index contributed by atoms with van der Waals surface area (Å²) in [6.45, 7) is 6.12. The lowest BCUT2D eigenvalue weighted by atomic mass is 10.0. The maximum Gasteiger partial charge on any atom is 0.240 e. The van der Waals surface area contributed by atoms with Crippen molar-refractivity contribution in [3.63, 3.8) is 0 Å². The molecule has 1 aliphatic rings. The van der Waals surface area contributed by atoms with E-state index in [4.69, 9.17) is 4.74 Å². The summed E-state index contributed by atoms with van der Waals surface area (Å²) in [5.41, 5.74) is 0. The average molecular weight is 268 g/mol. The highest BCUT2D eigenvalue weighted by Gasteiger charge is 2.25. The van der Waals surface area contributed by atoms with Gasteiger partial charge in [-0.05, 0) is 17.4 Å². The van der Waals surface area contributed by atoms with Gasteiger partial charge >= 0.3 is 0 Å². The molecule has 0 aliphatic carbocycles. The largest absolute Gasteiger partial charge is 0.378 e. The van der Waals surface area contributed by atoms with Gasteiger partial charge in [0.25, 0.3) is 0 Å². The number of hydrogen-bond donors (Lipinski definition) is 2. The van der Waals surface area contributed by atoms with Crippen molar-refractivity contribution in [2.45, 2.75) is 25.9 Å². The van der Waals surface area contributed by atoms with Crippen molar-refractivity contribution < 1.29 is 9.53 Å². The van der Waals surface area contributed by atoms with Gasteiger partial charge in [0, 0.05) is 11.4 Å².